The predicted molar refractivity (Wildman–Crippen MR) is 118 cm³/mol. The number of rotatable bonds is 6. The van der Waals surface area contributed by atoms with Crippen molar-refractivity contribution in [3.63, 3.8) is 0 Å². The van der Waals surface area contributed by atoms with Gasteiger partial charge in [-0.15, -0.1) is 11.3 Å². The number of amides is 1. The lowest BCUT2D eigenvalue weighted by atomic mass is 10.2. The third-order valence-electron chi connectivity index (χ3n) is 4.35. The van der Waals surface area contributed by atoms with E-state index in [1.807, 2.05) is 6.07 Å². The molecule has 0 radical (unpaired) electrons. The van der Waals surface area contributed by atoms with Crippen LogP contribution in [0.2, 0.25) is 5.02 Å². The molecule has 0 aliphatic heterocycles. The van der Waals surface area contributed by atoms with E-state index in [1.54, 1.807) is 47.8 Å². The normalized spacial score (nSPS) is 10.7. The second-order valence-corrected chi connectivity index (χ2v) is 7.81. The fourth-order valence-electron chi connectivity index (χ4n) is 2.82. The molecule has 3 aromatic carbocycles. The number of nitrogens with one attached hydrogen (secondary N) is 1. The van der Waals surface area contributed by atoms with Gasteiger partial charge in [0.1, 0.15) is 34.7 Å². The lowest BCUT2D eigenvalue weighted by molar-refractivity contribution is 0.102. The van der Waals surface area contributed by atoms with Crippen LogP contribution in [0.5, 0.6) is 5.75 Å². The zero-order chi connectivity index (χ0) is 21.8. The molecule has 4 rings (SSSR count). The fourth-order valence-corrected chi connectivity index (χ4v) is 3.80. The number of benzene rings is 3. The Kier molecular flexibility index (Phi) is 6.25. The largest absolute Gasteiger partial charge is 0.489 e. The van der Waals surface area contributed by atoms with Gasteiger partial charge in [0.15, 0.2) is 0 Å². The van der Waals surface area contributed by atoms with E-state index in [4.69, 9.17) is 16.3 Å². The van der Waals surface area contributed by atoms with Crippen molar-refractivity contribution in [3.05, 3.63) is 100 Å². The molecule has 0 fully saturated rings. The SMILES string of the molecule is O=C(Nc1cccc(Cl)c1)c1csc(-c2cccc(OCc3c(F)cccc3F)c2)n1. The van der Waals surface area contributed by atoms with Crippen LogP contribution in [0.4, 0.5) is 14.5 Å². The van der Waals surface area contributed by atoms with E-state index in [1.165, 1.54) is 29.5 Å². The summed E-state index contributed by atoms with van der Waals surface area (Å²) in [7, 11) is 0. The second kappa shape index (κ2) is 9.24. The molecule has 0 spiro atoms. The topological polar surface area (TPSA) is 51.2 Å². The summed E-state index contributed by atoms with van der Waals surface area (Å²) in [6, 6.07) is 17.5. The standard InChI is InChI=1S/C23H15ClF2N2O2S/c24-15-5-2-6-16(11-15)27-22(29)21-13-31-23(28-21)14-4-1-7-17(10-14)30-12-18-19(25)8-3-9-20(18)26/h1-11,13H,12H2,(H,27,29). The van der Waals surface area contributed by atoms with Crippen LogP contribution in [-0.2, 0) is 6.61 Å². The van der Waals surface area contributed by atoms with Gasteiger partial charge in [0.25, 0.3) is 5.91 Å². The zero-order valence-corrected chi connectivity index (χ0v) is 17.5. The first-order valence-electron chi connectivity index (χ1n) is 9.18. The lowest BCUT2D eigenvalue weighted by Crippen LogP contribution is -2.12. The van der Waals surface area contributed by atoms with E-state index in [0.29, 0.717) is 21.5 Å². The Morgan fingerprint density at radius 1 is 1.03 bits per heavy atom. The molecule has 0 unspecified atom stereocenters. The van der Waals surface area contributed by atoms with E-state index in [-0.39, 0.29) is 23.8 Å². The Morgan fingerprint density at radius 3 is 2.55 bits per heavy atom. The van der Waals surface area contributed by atoms with E-state index in [9.17, 15) is 13.6 Å². The van der Waals surface area contributed by atoms with Gasteiger partial charge in [-0.25, -0.2) is 13.8 Å². The molecule has 4 aromatic rings. The first-order valence-corrected chi connectivity index (χ1v) is 10.4. The van der Waals surface area contributed by atoms with Crippen molar-refractivity contribution in [1.82, 2.24) is 4.98 Å². The number of ether oxygens (including phenoxy) is 1. The molecule has 0 aliphatic carbocycles. The third-order valence-corrected chi connectivity index (χ3v) is 5.47. The average molecular weight is 457 g/mol. The molecule has 1 heterocycles. The number of hydrogen-bond donors (Lipinski definition) is 1. The number of halogens is 3. The highest BCUT2D eigenvalue weighted by Crippen LogP contribution is 2.28. The molecular formula is C23H15ClF2N2O2S. The van der Waals surface area contributed by atoms with Gasteiger partial charge >= 0.3 is 0 Å². The highest BCUT2D eigenvalue weighted by atomic mass is 35.5. The van der Waals surface area contributed by atoms with Gasteiger partial charge in [-0.3, -0.25) is 4.79 Å². The summed E-state index contributed by atoms with van der Waals surface area (Å²) < 4.78 is 33.1. The summed E-state index contributed by atoms with van der Waals surface area (Å²) in [6.07, 6.45) is 0. The molecule has 8 heteroatoms. The Morgan fingerprint density at radius 2 is 1.77 bits per heavy atom. The van der Waals surface area contributed by atoms with Crippen LogP contribution in [0.15, 0.2) is 72.1 Å². The van der Waals surface area contributed by atoms with Crippen LogP contribution in [-0.4, -0.2) is 10.9 Å². The van der Waals surface area contributed by atoms with Gasteiger partial charge in [0.05, 0.1) is 5.56 Å². The van der Waals surface area contributed by atoms with Crippen LogP contribution in [0.3, 0.4) is 0 Å². The summed E-state index contributed by atoms with van der Waals surface area (Å²) >= 11 is 7.24. The van der Waals surface area contributed by atoms with Gasteiger partial charge in [-0.2, -0.15) is 0 Å². The van der Waals surface area contributed by atoms with E-state index < -0.39 is 11.6 Å². The maximum atomic E-state index is 13.8. The second-order valence-electron chi connectivity index (χ2n) is 6.52. The molecule has 4 nitrogen and oxygen atoms in total. The van der Waals surface area contributed by atoms with Gasteiger partial charge in [-0.05, 0) is 42.5 Å². The van der Waals surface area contributed by atoms with Crippen molar-refractivity contribution in [2.75, 3.05) is 5.32 Å². The Labute approximate surface area is 186 Å². The quantitative estimate of drug-likeness (QED) is 0.357. The highest BCUT2D eigenvalue weighted by molar-refractivity contribution is 7.13. The molecule has 156 valence electrons. The number of hydrogen-bond acceptors (Lipinski definition) is 4. The Hall–Kier alpha value is -3.29. The summed E-state index contributed by atoms with van der Waals surface area (Å²) in [4.78, 5) is 16.8. The first kappa shape index (κ1) is 21.0. The van der Waals surface area contributed by atoms with Crippen molar-refractivity contribution in [2.45, 2.75) is 6.61 Å². The zero-order valence-electron chi connectivity index (χ0n) is 15.9. The number of aromatic nitrogens is 1. The van der Waals surface area contributed by atoms with Crippen molar-refractivity contribution in [1.29, 1.82) is 0 Å². The van der Waals surface area contributed by atoms with Crippen molar-refractivity contribution < 1.29 is 18.3 Å². The molecule has 31 heavy (non-hydrogen) atoms. The van der Waals surface area contributed by atoms with Crippen molar-refractivity contribution >= 4 is 34.5 Å². The van der Waals surface area contributed by atoms with Crippen molar-refractivity contribution in [3.8, 4) is 16.3 Å². The van der Waals surface area contributed by atoms with E-state index in [2.05, 4.69) is 10.3 Å². The molecule has 1 aromatic heterocycles. The van der Waals surface area contributed by atoms with Crippen LogP contribution >= 0.6 is 22.9 Å². The van der Waals surface area contributed by atoms with Crippen molar-refractivity contribution in [2.24, 2.45) is 0 Å². The summed E-state index contributed by atoms with van der Waals surface area (Å²) in [5.41, 5.74) is 1.42. The van der Waals surface area contributed by atoms with Crippen LogP contribution in [0.25, 0.3) is 10.6 Å². The van der Waals surface area contributed by atoms with Crippen LogP contribution < -0.4 is 10.1 Å². The minimum atomic E-state index is -0.661. The number of carbonyl (C=O) groups is 1. The van der Waals surface area contributed by atoms with Gasteiger partial charge in [0, 0.05) is 21.7 Å². The Bertz CT molecular complexity index is 1230. The number of anilines is 1. The van der Waals surface area contributed by atoms with Gasteiger partial charge < -0.3 is 10.1 Å². The highest BCUT2D eigenvalue weighted by Gasteiger charge is 2.14. The predicted octanol–water partition coefficient (Wildman–Crippen LogP) is 6.57. The number of thiazole rings is 1. The smallest absolute Gasteiger partial charge is 0.275 e. The molecule has 1 amide bonds. The lowest BCUT2D eigenvalue weighted by Gasteiger charge is -2.09. The summed E-state index contributed by atoms with van der Waals surface area (Å²) in [6.45, 7) is -0.243. The van der Waals surface area contributed by atoms with E-state index in [0.717, 1.165) is 5.56 Å². The minimum Gasteiger partial charge on any atom is -0.489 e. The summed E-state index contributed by atoms with van der Waals surface area (Å²) in [5, 5.41) is 5.53. The van der Waals surface area contributed by atoms with Crippen LogP contribution in [0.1, 0.15) is 16.1 Å². The minimum absolute atomic E-state index is 0.137. The first-order chi connectivity index (χ1) is 15.0. The maximum Gasteiger partial charge on any atom is 0.275 e. The van der Waals surface area contributed by atoms with Crippen LogP contribution in [0, 0.1) is 11.6 Å². The monoisotopic (exact) mass is 456 g/mol. The maximum absolute atomic E-state index is 13.8. The molecule has 1 N–H and O–H groups in total. The number of carbonyl (C=O) groups excluding carboxylic acids is 1. The third kappa shape index (κ3) is 5.07. The van der Waals surface area contributed by atoms with Gasteiger partial charge in [-0.1, -0.05) is 35.9 Å². The average Bonchev–Trinajstić information content (AvgIpc) is 3.24. The molecular weight excluding hydrogens is 442 g/mol. The van der Waals surface area contributed by atoms with E-state index >= 15 is 0 Å². The summed E-state index contributed by atoms with van der Waals surface area (Å²) in [5.74, 6) is -1.25. The molecule has 0 bridgehead atoms. The molecule has 0 saturated heterocycles. The Balaban J connectivity index is 1.47. The van der Waals surface area contributed by atoms with Gasteiger partial charge in [0.2, 0.25) is 0 Å². The number of nitrogens with zero attached hydrogens (tertiary/aromatic N) is 1. The fraction of sp³-hybridized carbons (Fsp3) is 0.0435. The molecule has 0 aliphatic rings. The molecule has 0 saturated carbocycles. The molecule has 0 atom stereocenters.